The summed E-state index contributed by atoms with van der Waals surface area (Å²) in [7, 11) is 0. The van der Waals surface area contributed by atoms with Crippen molar-refractivity contribution in [1.29, 1.82) is 0 Å². The van der Waals surface area contributed by atoms with Crippen LogP contribution in [0.4, 0.5) is 5.69 Å². The van der Waals surface area contributed by atoms with Crippen LogP contribution in [0.25, 0.3) is 10.8 Å². The van der Waals surface area contributed by atoms with Gasteiger partial charge < -0.3 is 5.32 Å². The number of benzene rings is 3. The molecular weight excluding hydrogens is 420 g/mol. The van der Waals surface area contributed by atoms with Gasteiger partial charge in [0.05, 0.1) is 0 Å². The quantitative estimate of drug-likeness (QED) is 0.510. The molecule has 0 aliphatic heterocycles. The van der Waals surface area contributed by atoms with E-state index in [4.69, 9.17) is 23.8 Å². The number of fused-ring (bicyclic) bond motifs is 1. The minimum absolute atomic E-state index is 0.241. The van der Waals surface area contributed by atoms with Crippen molar-refractivity contribution in [2.24, 2.45) is 0 Å². The molecule has 3 nitrogen and oxygen atoms in total. The van der Waals surface area contributed by atoms with Crippen molar-refractivity contribution in [3.05, 3.63) is 75.2 Å². The summed E-state index contributed by atoms with van der Waals surface area (Å²) in [6, 6.07) is 16.7. The highest BCUT2D eigenvalue weighted by molar-refractivity contribution is 9.10. The molecule has 0 aliphatic carbocycles. The zero-order valence-electron chi connectivity index (χ0n) is 13.3. The molecule has 0 spiro atoms. The summed E-state index contributed by atoms with van der Waals surface area (Å²) in [6.07, 6.45) is 0. The highest BCUT2D eigenvalue weighted by Crippen LogP contribution is 2.26. The molecule has 6 heteroatoms. The molecule has 1 amide bonds. The summed E-state index contributed by atoms with van der Waals surface area (Å²) >= 11 is 14.9. The van der Waals surface area contributed by atoms with E-state index in [0.717, 1.165) is 26.5 Å². The molecule has 0 fully saturated rings. The number of amides is 1. The van der Waals surface area contributed by atoms with E-state index in [0.29, 0.717) is 10.6 Å². The Balaban J connectivity index is 1.79. The van der Waals surface area contributed by atoms with Gasteiger partial charge in [-0.05, 0) is 60.4 Å². The number of halogens is 2. The molecule has 0 saturated carbocycles. The number of rotatable bonds is 2. The SMILES string of the molecule is Cc1cc(NC(=S)NC(=O)c2cccc3c(Cl)cccc23)ccc1Br. The number of aryl methyl sites for hydroxylation is 1. The third-order valence-corrected chi connectivity index (χ3v) is 5.18. The third-order valence-electron chi connectivity index (χ3n) is 3.76. The van der Waals surface area contributed by atoms with Crippen molar-refractivity contribution in [3.8, 4) is 0 Å². The van der Waals surface area contributed by atoms with Crippen molar-refractivity contribution >= 4 is 67.2 Å². The average Bonchev–Trinajstić information content (AvgIpc) is 2.58. The fourth-order valence-electron chi connectivity index (χ4n) is 2.52. The molecule has 3 aromatic carbocycles. The maximum absolute atomic E-state index is 12.6. The van der Waals surface area contributed by atoms with Crippen LogP contribution >= 0.6 is 39.7 Å². The van der Waals surface area contributed by atoms with Gasteiger partial charge in [0.15, 0.2) is 5.11 Å². The fraction of sp³-hybridized carbons (Fsp3) is 0.0526. The molecule has 0 atom stereocenters. The molecule has 25 heavy (non-hydrogen) atoms. The van der Waals surface area contributed by atoms with Crippen molar-refractivity contribution < 1.29 is 4.79 Å². The van der Waals surface area contributed by atoms with E-state index >= 15 is 0 Å². The molecule has 0 bridgehead atoms. The van der Waals surface area contributed by atoms with Crippen LogP contribution in [0.3, 0.4) is 0 Å². The molecule has 3 rings (SSSR count). The molecule has 0 unspecified atom stereocenters. The lowest BCUT2D eigenvalue weighted by Gasteiger charge is -2.12. The second kappa shape index (κ2) is 7.52. The Morgan fingerprint density at radius 1 is 1.08 bits per heavy atom. The van der Waals surface area contributed by atoms with E-state index in [-0.39, 0.29) is 11.0 Å². The zero-order valence-corrected chi connectivity index (χ0v) is 16.4. The van der Waals surface area contributed by atoms with E-state index in [1.807, 2.05) is 43.3 Å². The number of anilines is 1. The number of thiocarbonyl (C=S) groups is 1. The van der Waals surface area contributed by atoms with Crippen LogP contribution in [-0.4, -0.2) is 11.0 Å². The number of nitrogens with one attached hydrogen (secondary N) is 2. The van der Waals surface area contributed by atoms with Gasteiger partial charge in [0.1, 0.15) is 0 Å². The van der Waals surface area contributed by atoms with E-state index in [1.165, 1.54) is 0 Å². The van der Waals surface area contributed by atoms with Crippen molar-refractivity contribution in [2.75, 3.05) is 5.32 Å². The van der Waals surface area contributed by atoms with Gasteiger partial charge in [-0.3, -0.25) is 10.1 Å². The zero-order chi connectivity index (χ0) is 18.0. The number of hydrogen-bond donors (Lipinski definition) is 2. The van der Waals surface area contributed by atoms with Crippen LogP contribution in [0, 0.1) is 6.92 Å². The second-order valence-corrected chi connectivity index (χ2v) is 7.18. The summed E-state index contributed by atoms with van der Waals surface area (Å²) in [6.45, 7) is 1.98. The monoisotopic (exact) mass is 432 g/mol. The van der Waals surface area contributed by atoms with E-state index in [2.05, 4.69) is 26.6 Å². The Labute approximate surface area is 164 Å². The maximum atomic E-state index is 12.6. The van der Waals surface area contributed by atoms with E-state index in [1.54, 1.807) is 18.2 Å². The smallest absolute Gasteiger partial charge is 0.258 e. The van der Waals surface area contributed by atoms with Crippen molar-refractivity contribution in [3.63, 3.8) is 0 Å². The Hall–Kier alpha value is -1.95. The number of carbonyl (C=O) groups excluding carboxylic acids is 1. The lowest BCUT2D eigenvalue weighted by molar-refractivity contribution is 0.0979. The lowest BCUT2D eigenvalue weighted by Crippen LogP contribution is -2.34. The predicted molar refractivity (Wildman–Crippen MR) is 112 cm³/mol. The first-order valence-electron chi connectivity index (χ1n) is 7.51. The van der Waals surface area contributed by atoms with Gasteiger partial charge in [-0.25, -0.2) is 0 Å². The molecule has 0 aromatic heterocycles. The largest absolute Gasteiger partial charge is 0.332 e. The van der Waals surface area contributed by atoms with Gasteiger partial charge in [0, 0.05) is 26.1 Å². The summed E-state index contributed by atoms with van der Waals surface area (Å²) < 4.78 is 1.01. The van der Waals surface area contributed by atoms with Gasteiger partial charge >= 0.3 is 0 Å². The predicted octanol–water partition coefficient (Wildman–Crippen LogP) is 5.69. The molecular formula is C19H14BrClN2OS. The van der Waals surface area contributed by atoms with Crippen LogP contribution < -0.4 is 10.6 Å². The average molecular weight is 434 g/mol. The van der Waals surface area contributed by atoms with Gasteiger partial charge in [-0.15, -0.1) is 0 Å². The molecule has 2 N–H and O–H groups in total. The number of hydrogen-bond acceptors (Lipinski definition) is 2. The molecule has 0 saturated heterocycles. The Kier molecular flexibility index (Phi) is 5.37. The van der Waals surface area contributed by atoms with Crippen LogP contribution in [-0.2, 0) is 0 Å². The summed E-state index contributed by atoms with van der Waals surface area (Å²) in [5, 5.41) is 8.21. The summed E-state index contributed by atoms with van der Waals surface area (Å²) in [5.74, 6) is -0.279. The molecule has 0 radical (unpaired) electrons. The minimum Gasteiger partial charge on any atom is -0.332 e. The van der Waals surface area contributed by atoms with Gasteiger partial charge in [-0.2, -0.15) is 0 Å². The fourth-order valence-corrected chi connectivity index (χ4v) is 3.22. The third kappa shape index (κ3) is 4.00. The van der Waals surface area contributed by atoms with E-state index < -0.39 is 0 Å². The highest BCUT2D eigenvalue weighted by Gasteiger charge is 2.12. The molecule has 0 heterocycles. The second-order valence-electron chi connectivity index (χ2n) is 5.51. The number of carbonyl (C=O) groups is 1. The molecule has 126 valence electrons. The topological polar surface area (TPSA) is 41.1 Å². The van der Waals surface area contributed by atoms with Crippen LogP contribution in [0.1, 0.15) is 15.9 Å². The highest BCUT2D eigenvalue weighted by atomic mass is 79.9. The summed E-state index contributed by atoms with van der Waals surface area (Å²) in [4.78, 5) is 12.6. The maximum Gasteiger partial charge on any atom is 0.258 e. The van der Waals surface area contributed by atoms with Gasteiger partial charge in [0.2, 0.25) is 0 Å². The Morgan fingerprint density at radius 3 is 2.56 bits per heavy atom. The Morgan fingerprint density at radius 2 is 1.80 bits per heavy atom. The molecule has 0 aliphatic rings. The first kappa shape index (κ1) is 17.9. The normalized spacial score (nSPS) is 10.5. The Bertz CT molecular complexity index is 990. The first-order chi connectivity index (χ1) is 12.0. The van der Waals surface area contributed by atoms with Crippen molar-refractivity contribution in [1.82, 2.24) is 5.32 Å². The van der Waals surface area contributed by atoms with Crippen LogP contribution in [0.2, 0.25) is 5.02 Å². The summed E-state index contributed by atoms with van der Waals surface area (Å²) in [5.41, 5.74) is 2.41. The molecule has 3 aromatic rings. The van der Waals surface area contributed by atoms with Gasteiger partial charge in [0.25, 0.3) is 5.91 Å². The van der Waals surface area contributed by atoms with Gasteiger partial charge in [-0.1, -0.05) is 51.8 Å². The lowest BCUT2D eigenvalue weighted by atomic mass is 10.0. The van der Waals surface area contributed by atoms with Crippen LogP contribution in [0.5, 0.6) is 0 Å². The van der Waals surface area contributed by atoms with Crippen LogP contribution in [0.15, 0.2) is 59.1 Å². The first-order valence-corrected chi connectivity index (χ1v) is 9.09. The van der Waals surface area contributed by atoms with E-state index in [9.17, 15) is 4.79 Å². The van der Waals surface area contributed by atoms with Crippen molar-refractivity contribution in [2.45, 2.75) is 6.92 Å². The standard InChI is InChI=1S/C19H14BrClN2OS/c1-11-10-12(8-9-16(11)20)22-19(25)23-18(24)15-6-2-5-14-13(15)4-3-7-17(14)21/h2-10H,1H3,(H2,22,23,24,25). The minimum atomic E-state index is -0.279.